The van der Waals surface area contributed by atoms with E-state index in [-0.39, 0.29) is 5.92 Å². The lowest BCUT2D eigenvalue weighted by molar-refractivity contribution is 0.421. The fourth-order valence-electron chi connectivity index (χ4n) is 2.40. The Bertz CT molecular complexity index is 391. The minimum atomic E-state index is 0.212. The van der Waals surface area contributed by atoms with Crippen LogP contribution in [0, 0.1) is 24.2 Å². The average molecular weight is 234 g/mol. The van der Waals surface area contributed by atoms with Gasteiger partial charge in [0.25, 0.3) is 0 Å². The summed E-state index contributed by atoms with van der Waals surface area (Å²) >= 11 is 1.84. The van der Waals surface area contributed by atoms with Gasteiger partial charge in [0.2, 0.25) is 0 Å². The van der Waals surface area contributed by atoms with Crippen LogP contribution in [-0.2, 0) is 0 Å². The molecule has 2 nitrogen and oxygen atoms in total. The lowest BCUT2D eigenvalue weighted by Crippen LogP contribution is -2.33. The Balaban J connectivity index is 1.97. The lowest BCUT2D eigenvalue weighted by Gasteiger charge is -2.20. The number of thiophene rings is 1. The van der Waals surface area contributed by atoms with Crippen molar-refractivity contribution in [2.24, 2.45) is 5.92 Å². The summed E-state index contributed by atoms with van der Waals surface area (Å²) in [5, 5.41) is 12.6. The van der Waals surface area contributed by atoms with E-state index >= 15 is 0 Å². The topological polar surface area (TPSA) is 35.8 Å². The number of nitrogens with zero attached hydrogens (tertiary/aromatic N) is 1. The van der Waals surface area contributed by atoms with E-state index in [1.54, 1.807) is 0 Å². The second-order valence-electron chi connectivity index (χ2n) is 4.61. The van der Waals surface area contributed by atoms with Gasteiger partial charge in [-0.15, -0.1) is 11.3 Å². The van der Waals surface area contributed by atoms with Gasteiger partial charge in [-0.05, 0) is 38.8 Å². The van der Waals surface area contributed by atoms with Crippen LogP contribution in [0.3, 0.4) is 0 Å². The molecule has 0 saturated heterocycles. The van der Waals surface area contributed by atoms with Crippen LogP contribution < -0.4 is 5.32 Å². The third kappa shape index (κ3) is 2.45. The molecule has 16 heavy (non-hydrogen) atoms. The zero-order valence-electron chi connectivity index (χ0n) is 9.86. The van der Waals surface area contributed by atoms with Gasteiger partial charge in [0.15, 0.2) is 0 Å². The van der Waals surface area contributed by atoms with E-state index in [0.717, 1.165) is 12.8 Å². The Hall–Kier alpha value is -0.850. The number of nitriles is 1. The maximum absolute atomic E-state index is 9.04. The molecule has 3 atom stereocenters. The number of hydrogen-bond donors (Lipinski definition) is 1. The first kappa shape index (κ1) is 11.6. The van der Waals surface area contributed by atoms with E-state index in [1.807, 2.05) is 11.3 Å². The maximum Gasteiger partial charge on any atom is 0.0672 e. The fourth-order valence-corrected chi connectivity index (χ4v) is 3.29. The van der Waals surface area contributed by atoms with Crippen molar-refractivity contribution in [2.45, 2.75) is 45.2 Å². The first-order valence-electron chi connectivity index (χ1n) is 5.92. The van der Waals surface area contributed by atoms with Crippen molar-refractivity contribution in [2.75, 3.05) is 0 Å². The summed E-state index contributed by atoms with van der Waals surface area (Å²) in [6, 6.07) is 7.53. The largest absolute Gasteiger partial charge is 0.305 e. The molecule has 3 unspecified atom stereocenters. The van der Waals surface area contributed by atoms with Crippen LogP contribution in [0.25, 0.3) is 0 Å². The van der Waals surface area contributed by atoms with Crippen molar-refractivity contribution in [1.82, 2.24) is 5.32 Å². The van der Waals surface area contributed by atoms with Crippen LogP contribution in [0.5, 0.6) is 0 Å². The molecule has 0 spiro atoms. The van der Waals surface area contributed by atoms with Gasteiger partial charge in [0.1, 0.15) is 0 Å². The summed E-state index contributed by atoms with van der Waals surface area (Å²) in [6.45, 7) is 4.33. The van der Waals surface area contributed by atoms with Gasteiger partial charge in [0, 0.05) is 21.8 Å². The number of hydrogen-bond acceptors (Lipinski definition) is 3. The van der Waals surface area contributed by atoms with Crippen LogP contribution in [0.15, 0.2) is 12.1 Å². The predicted octanol–water partition coefficient (Wildman–Crippen LogP) is 3.40. The standard InChI is InChI=1S/C13H18N2S/c1-9-6-7-13(16-9)10(2)15-12-5-3-4-11(12)8-14/h6-7,10-12,15H,3-5H2,1-2H3. The molecule has 0 aromatic carbocycles. The van der Waals surface area contributed by atoms with E-state index in [9.17, 15) is 0 Å². The third-order valence-corrected chi connectivity index (χ3v) is 4.52. The van der Waals surface area contributed by atoms with Gasteiger partial charge in [-0.2, -0.15) is 5.26 Å². The molecule has 1 aromatic rings. The molecule has 1 aliphatic rings. The summed E-state index contributed by atoms with van der Waals surface area (Å²) in [5.74, 6) is 0.212. The van der Waals surface area contributed by atoms with Crippen molar-refractivity contribution in [3.8, 4) is 6.07 Å². The highest BCUT2D eigenvalue weighted by atomic mass is 32.1. The maximum atomic E-state index is 9.04. The minimum absolute atomic E-state index is 0.212. The van der Waals surface area contributed by atoms with Crippen molar-refractivity contribution < 1.29 is 0 Å². The van der Waals surface area contributed by atoms with Crippen LogP contribution in [-0.4, -0.2) is 6.04 Å². The van der Waals surface area contributed by atoms with E-state index in [2.05, 4.69) is 37.4 Å². The van der Waals surface area contributed by atoms with Crippen LogP contribution in [0.4, 0.5) is 0 Å². The number of rotatable bonds is 3. The normalized spacial score (nSPS) is 26.6. The lowest BCUT2D eigenvalue weighted by atomic mass is 10.0. The molecule has 0 bridgehead atoms. The molecule has 0 radical (unpaired) electrons. The van der Waals surface area contributed by atoms with Crippen molar-refractivity contribution >= 4 is 11.3 Å². The van der Waals surface area contributed by atoms with Gasteiger partial charge in [-0.1, -0.05) is 6.42 Å². The van der Waals surface area contributed by atoms with Crippen molar-refractivity contribution in [3.63, 3.8) is 0 Å². The highest BCUT2D eigenvalue weighted by Crippen LogP contribution is 2.29. The van der Waals surface area contributed by atoms with Gasteiger partial charge >= 0.3 is 0 Å². The molecule has 1 fully saturated rings. The number of aryl methyl sites for hydroxylation is 1. The monoisotopic (exact) mass is 234 g/mol. The summed E-state index contributed by atoms with van der Waals surface area (Å²) in [7, 11) is 0. The Kier molecular flexibility index (Phi) is 3.63. The molecule has 1 saturated carbocycles. The highest BCUT2D eigenvalue weighted by molar-refractivity contribution is 7.12. The molecule has 1 aromatic heterocycles. The second-order valence-corrected chi connectivity index (χ2v) is 5.93. The zero-order valence-corrected chi connectivity index (χ0v) is 10.7. The molecule has 3 heteroatoms. The molecular weight excluding hydrogens is 216 g/mol. The van der Waals surface area contributed by atoms with E-state index < -0.39 is 0 Å². The van der Waals surface area contributed by atoms with Gasteiger partial charge in [-0.3, -0.25) is 0 Å². The summed E-state index contributed by atoms with van der Waals surface area (Å²) in [5.41, 5.74) is 0. The predicted molar refractivity (Wildman–Crippen MR) is 67.3 cm³/mol. The molecule has 1 N–H and O–H groups in total. The van der Waals surface area contributed by atoms with E-state index in [0.29, 0.717) is 12.1 Å². The second kappa shape index (κ2) is 4.99. The molecule has 0 aliphatic heterocycles. The quantitative estimate of drug-likeness (QED) is 0.870. The smallest absolute Gasteiger partial charge is 0.0672 e. The molecule has 86 valence electrons. The Morgan fingerprint density at radius 3 is 2.94 bits per heavy atom. The highest BCUT2D eigenvalue weighted by Gasteiger charge is 2.28. The fraction of sp³-hybridized carbons (Fsp3) is 0.615. The van der Waals surface area contributed by atoms with E-state index in [4.69, 9.17) is 5.26 Å². The minimum Gasteiger partial charge on any atom is -0.305 e. The van der Waals surface area contributed by atoms with Gasteiger partial charge in [0.05, 0.1) is 12.0 Å². The molecule has 0 amide bonds. The zero-order chi connectivity index (χ0) is 11.5. The summed E-state index contributed by atoms with van der Waals surface area (Å²) in [6.07, 6.45) is 3.39. The van der Waals surface area contributed by atoms with Crippen LogP contribution in [0.1, 0.15) is 42.0 Å². The number of nitrogens with one attached hydrogen (secondary N) is 1. The van der Waals surface area contributed by atoms with E-state index in [1.165, 1.54) is 16.2 Å². The Morgan fingerprint density at radius 2 is 2.31 bits per heavy atom. The van der Waals surface area contributed by atoms with Crippen LogP contribution >= 0.6 is 11.3 Å². The van der Waals surface area contributed by atoms with Crippen molar-refractivity contribution in [3.05, 3.63) is 21.9 Å². The van der Waals surface area contributed by atoms with Gasteiger partial charge < -0.3 is 5.32 Å². The molecule has 1 aliphatic carbocycles. The summed E-state index contributed by atoms with van der Waals surface area (Å²) in [4.78, 5) is 2.73. The first-order chi connectivity index (χ1) is 7.70. The molecule has 2 rings (SSSR count). The van der Waals surface area contributed by atoms with Crippen molar-refractivity contribution in [1.29, 1.82) is 5.26 Å². The average Bonchev–Trinajstić information content (AvgIpc) is 2.86. The first-order valence-corrected chi connectivity index (χ1v) is 6.74. The third-order valence-electron chi connectivity index (χ3n) is 3.33. The summed E-state index contributed by atoms with van der Waals surface area (Å²) < 4.78 is 0. The molecule has 1 heterocycles. The SMILES string of the molecule is Cc1ccc(C(C)NC2CCCC2C#N)s1. The molecular formula is C13H18N2S. The Labute approximate surface area is 101 Å². The van der Waals surface area contributed by atoms with Gasteiger partial charge in [-0.25, -0.2) is 0 Å². The Morgan fingerprint density at radius 1 is 1.50 bits per heavy atom. The van der Waals surface area contributed by atoms with Crippen LogP contribution in [0.2, 0.25) is 0 Å².